The van der Waals surface area contributed by atoms with Crippen LogP contribution in [0.15, 0.2) is 36.4 Å². The molecule has 0 aromatic heterocycles. The summed E-state index contributed by atoms with van der Waals surface area (Å²) >= 11 is 0. The molecule has 0 aliphatic rings. The average Bonchev–Trinajstić information content (AvgIpc) is 2.28. The summed E-state index contributed by atoms with van der Waals surface area (Å²) < 4.78 is 0. The first-order valence-corrected chi connectivity index (χ1v) is 5.12. The van der Waals surface area contributed by atoms with Crippen molar-refractivity contribution >= 4 is 10.8 Å². The number of rotatable bonds is 2. The first-order valence-electron chi connectivity index (χ1n) is 5.12. The predicted molar refractivity (Wildman–Crippen MR) is 60.9 cm³/mol. The van der Waals surface area contributed by atoms with Crippen LogP contribution in [0.4, 0.5) is 0 Å². The highest BCUT2D eigenvalue weighted by Gasteiger charge is 2.11. The molecule has 0 bridgehead atoms. The summed E-state index contributed by atoms with van der Waals surface area (Å²) in [6.45, 7) is 1.92. The number of fused-ring (bicyclic) bond motifs is 1. The van der Waals surface area contributed by atoms with Gasteiger partial charge < -0.3 is 10.2 Å². The number of aliphatic hydroxyl groups excluding tert-OH is 1. The summed E-state index contributed by atoms with van der Waals surface area (Å²) in [5.74, 6) is 0.232. The normalized spacial score (nSPS) is 12.9. The Morgan fingerprint density at radius 1 is 1.13 bits per heavy atom. The molecule has 0 amide bonds. The summed E-state index contributed by atoms with van der Waals surface area (Å²) in [6, 6.07) is 11.1. The van der Waals surface area contributed by atoms with Gasteiger partial charge in [-0.25, -0.2) is 0 Å². The molecule has 2 nitrogen and oxygen atoms in total. The van der Waals surface area contributed by atoms with Crippen LogP contribution in [0.2, 0.25) is 0 Å². The minimum absolute atomic E-state index is 0.232. The van der Waals surface area contributed by atoms with Crippen LogP contribution in [0.5, 0.6) is 5.75 Å². The van der Waals surface area contributed by atoms with Crippen LogP contribution in [0.25, 0.3) is 10.8 Å². The highest BCUT2D eigenvalue weighted by Crippen LogP contribution is 2.32. The Labute approximate surface area is 88.8 Å². The van der Waals surface area contributed by atoms with E-state index in [1.807, 2.05) is 31.2 Å². The molecule has 2 rings (SSSR count). The van der Waals surface area contributed by atoms with Crippen molar-refractivity contribution in [3.05, 3.63) is 42.0 Å². The monoisotopic (exact) mass is 202 g/mol. The Hall–Kier alpha value is -1.54. The van der Waals surface area contributed by atoms with Crippen LogP contribution in [0, 0.1) is 0 Å². The van der Waals surface area contributed by atoms with Crippen LogP contribution in [0.3, 0.4) is 0 Å². The number of phenolic OH excluding ortho intramolecular Hbond substituents is 1. The van der Waals surface area contributed by atoms with Gasteiger partial charge in [0.15, 0.2) is 0 Å². The fourth-order valence-corrected chi connectivity index (χ4v) is 1.85. The first-order chi connectivity index (χ1) is 7.24. The number of aliphatic hydroxyl groups is 1. The quantitative estimate of drug-likeness (QED) is 0.786. The van der Waals surface area contributed by atoms with Gasteiger partial charge in [-0.05, 0) is 23.4 Å². The summed E-state index contributed by atoms with van der Waals surface area (Å²) in [6.07, 6.45) is 0.134. The molecule has 2 heteroatoms. The van der Waals surface area contributed by atoms with E-state index < -0.39 is 6.10 Å². The van der Waals surface area contributed by atoms with Gasteiger partial charge in [0.1, 0.15) is 5.75 Å². The Morgan fingerprint density at radius 3 is 2.47 bits per heavy atom. The van der Waals surface area contributed by atoms with Crippen LogP contribution in [0.1, 0.15) is 25.0 Å². The maximum Gasteiger partial charge on any atom is 0.123 e. The smallest absolute Gasteiger partial charge is 0.123 e. The second-order valence-electron chi connectivity index (χ2n) is 3.65. The van der Waals surface area contributed by atoms with Crippen LogP contribution >= 0.6 is 0 Å². The minimum Gasteiger partial charge on any atom is -0.507 e. The Balaban J connectivity index is 2.74. The third-order valence-electron chi connectivity index (χ3n) is 2.66. The van der Waals surface area contributed by atoms with Gasteiger partial charge in [-0.1, -0.05) is 37.3 Å². The molecule has 1 atom stereocenters. The second kappa shape index (κ2) is 3.91. The topological polar surface area (TPSA) is 40.5 Å². The average molecular weight is 202 g/mol. The van der Waals surface area contributed by atoms with E-state index in [9.17, 15) is 10.2 Å². The molecule has 2 aromatic carbocycles. The van der Waals surface area contributed by atoms with Gasteiger partial charge in [-0.3, -0.25) is 0 Å². The fraction of sp³-hybridized carbons (Fsp3) is 0.231. The van der Waals surface area contributed by atoms with Crippen LogP contribution < -0.4 is 0 Å². The maximum absolute atomic E-state index is 9.84. The molecule has 0 radical (unpaired) electrons. The molecule has 0 fully saturated rings. The molecule has 0 aliphatic carbocycles. The molecule has 15 heavy (non-hydrogen) atoms. The molecular formula is C13H14O2. The van der Waals surface area contributed by atoms with Gasteiger partial charge >= 0.3 is 0 Å². The summed E-state index contributed by atoms with van der Waals surface area (Å²) in [5, 5.41) is 21.3. The van der Waals surface area contributed by atoms with Crippen molar-refractivity contribution in [2.45, 2.75) is 19.4 Å². The van der Waals surface area contributed by atoms with Gasteiger partial charge in [0.25, 0.3) is 0 Å². The zero-order valence-electron chi connectivity index (χ0n) is 8.64. The highest BCUT2D eigenvalue weighted by molar-refractivity contribution is 5.91. The largest absolute Gasteiger partial charge is 0.507 e. The number of hydrogen-bond donors (Lipinski definition) is 2. The van der Waals surface area contributed by atoms with Crippen molar-refractivity contribution in [1.82, 2.24) is 0 Å². The molecule has 0 spiro atoms. The fourth-order valence-electron chi connectivity index (χ4n) is 1.85. The number of benzene rings is 2. The molecule has 2 aromatic rings. The molecule has 0 saturated heterocycles. The molecule has 78 valence electrons. The van der Waals surface area contributed by atoms with Crippen molar-refractivity contribution in [2.24, 2.45) is 0 Å². The zero-order chi connectivity index (χ0) is 10.8. The van der Waals surface area contributed by atoms with E-state index in [1.165, 1.54) is 0 Å². The lowest BCUT2D eigenvalue weighted by molar-refractivity contribution is 0.175. The van der Waals surface area contributed by atoms with Crippen molar-refractivity contribution in [3.8, 4) is 5.75 Å². The molecule has 0 heterocycles. The van der Waals surface area contributed by atoms with Crippen molar-refractivity contribution in [1.29, 1.82) is 0 Å². The lowest BCUT2D eigenvalue weighted by Crippen LogP contribution is -1.96. The minimum atomic E-state index is -0.512. The standard InChI is InChI=1S/C13H14O2/c1-2-11(14)10-7-3-5-9-6-4-8-12(15)13(9)10/h3-8,11,14-15H,2H2,1H3. The lowest BCUT2D eigenvalue weighted by atomic mass is 9.98. The lowest BCUT2D eigenvalue weighted by Gasteiger charge is -2.12. The Kier molecular flexibility index (Phi) is 2.60. The van der Waals surface area contributed by atoms with Gasteiger partial charge in [0.05, 0.1) is 6.10 Å². The van der Waals surface area contributed by atoms with Gasteiger partial charge in [-0.15, -0.1) is 0 Å². The van der Waals surface area contributed by atoms with Gasteiger partial charge in [0, 0.05) is 5.39 Å². The van der Waals surface area contributed by atoms with E-state index in [1.54, 1.807) is 12.1 Å². The maximum atomic E-state index is 9.84. The van der Waals surface area contributed by atoms with E-state index >= 15 is 0 Å². The molecule has 1 unspecified atom stereocenters. The van der Waals surface area contributed by atoms with Crippen molar-refractivity contribution in [2.75, 3.05) is 0 Å². The second-order valence-corrected chi connectivity index (χ2v) is 3.65. The van der Waals surface area contributed by atoms with E-state index in [4.69, 9.17) is 0 Å². The van der Waals surface area contributed by atoms with E-state index in [2.05, 4.69) is 0 Å². The SMILES string of the molecule is CCC(O)c1cccc2cccc(O)c12. The third-order valence-corrected chi connectivity index (χ3v) is 2.66. The first kappa shape index (κ1) is 9.99. The summed E-state index contributed by atoms with van der Waals surface area (Å²) in [4.78, 5) is 0. The number of phenols is 1. The Morgan fingerprint density at radius 2 is 1.80 bits per heavy atom. The molecule has 0 saturated carbocycles. The zero-order valence-corrected chi connectivity index (χ0v) is 8.64. The summed E-state index contributed by atoms with van der Waals surface area (Å²) in [5.41, 5.74) is 0.799. The van der Waals surface area contributed by atoms with Crippen molar-refractivity contribution in [3.63, 3.8) is 0 Å². The highest BCUT2D eigenvalue weighted by atomic mass is 16.3. The molecule has 2 N–H and O–H groups in total. The molecule has 0 aliphatic heterocycles. The van der Waals surface area contributed by atoms with Crippen molar-refractivity contribution < 1.29 is 10.2 Å². The molecular weight excluding hydrogens is 188 g/mol. The third kappa shape index (κ3) is 1.68. The van der Waals surface area contributed by atoms with Gasteiger partial charge in [-0.2, -0.15) is 0 Å². The van der Waals surface area contributed by atoms with E-state index in [0.717, 1.165) is 16.3 Å². The van der Waals surface area contributed by atoms with Gasteiger partial charge in [0.2, 0.25) is 0 Å². The Bertz CT molecular complexity index is 472. The van der Waals surface area contributed by atoms with E-state index in [0.29, 0.717) is 6.42 Å². The number of hydrogen-bond acceptors (Lipinski definition) is 2. The van der Waals surface area contributed by atoms with E-state index in [-0.39, 0.29) is 5.75 Å². The number of aromatic hydroxyl groups is 1. The predicted octanol–water partition coefficient (Wildman–Crippen LogP) is 2.99. The summed E-state index contributed by atoms with van der Waals surface area (Å²) in [7, 11) is 0. The van der Waals surface area contributed by atoms with Crippen LogP contribution in [-0.2, 0) is 0 Å². The van der Waals surface area contributed by atoms with Crippen LogP contribution in [-0.4, -0.2) is 10.2 Å².